The first-order valence-electron chi connectivity index (χ1n) is 3.61. The summed E-state index contributed by atoms with van der Waals surface area (Å²) >= 11 is 0. The van der Waals surface area contributed by atoms with Gasteiger partial charge >= 0.3 is 0 Å². The molecule has 0 saturated carbocycles. The van der Waals surface area contributed by atoms with Gasteiger partial charge < -0.3 is 0 Å². The van der Waals surface area contributed by atoms with E-state index in [-0.39, 0.29) is 6.42 Å². The van der Waals surface area contributed by atoms with Crippen molar-refractivity contribution in [3.8, 4) is 17.9 Å². The molecule has 0 fully saturated rings. The molecule has 12 heavy (non-hydrogen) atoms. The molecule has 1 rings (SSSR count). The summed E-state index contributed by atoms with van der Waals surface area (Å²) < 4.78 is 0. The van der Waals surface area contributed by atoms with Crippen LogP contribution in [0.15, 0.2) is 18.5 Å². The Hall–Kier alpha value is -1.80. The van der Waals surface area contributed by atoms with Crippen molar-refractivity contribution in [3.05, 3.63) is 29.6 Å². The number of nitrogens with zero attached hydrogens (tertiary/aromatic N) is 2. The van der Waals surface area contributed by atoms with Crippen molar-refractivity contribution < 1.29 is 0 Å². The van der Waals surface area contributed by atoms with Gasteiger partial charge in [0.25, 0.3) is 0 Å². The van der Waals surface area contributed by atoms with Gasteiger partial charge in [0.05, 0.1) is 12.5 Å². The smallest absolute Gasteiger partial charge is 0.0966 e. The molecule has 58 valence electrons. The van der Waals surface area contributed by atoms with Crippen molar-refractivity contribution >= 4 is 0 Å². The quantitative estimate of drug-likeness (QED) is 0.535. The van der Waals surface area contributed by atoms with Crippen molar-refractivity contribution in [3.63, 3.8) is 0 Å². The van der Waals surface area contributed by atoms with Crippen LogP contribution >= 0.6 is 0 Å². The molecular formula is C10H8N2. The summed E-state index contributed by atoms with van der Waals surface area (Å²) in [7, 11) is 0. The molecule has 0 radical (unpaired) electrons. The Morgan fingerprint density at radius 3 is 3.08 bits per heavy atom. The average Bonchev–Trinajstić information content (AvgIpc) is 2.09. The molecule has 2 heteroatoms. The number of nitriles is 1. The van der Waals surface area contributed by atoms with E-state index in [2.05, 4.69) is 16.8 Å². The molecular weight excluding hydrogens is 148 g/mol. The summed E-state index contributed by atoms with van der Waals surface area (Å²) in [6.45, 7) is 1.97. The standard InChI is InChI=1S/C10H8N2/c1-9-5-7-12-8-10(9)4-2-3-6-11/h5,7-8H,3H2,1H3. The molecule has 1 aromatic heterocycles. The van der Waals surface area contributed by atoms with Crippen LogP contribution in [0.5, 0.6) is 0 Å². The SMILES string of the molecule is Cc1ccncc1C#CCC#N. The van der Waals surface area contributed by atoms with E-state index in [4.69, 9.17) is 5.26 Å². The van der Waals surface area contributed by atoms with Gasteiger partial charge in [0.15, 0.2) is 0 Å². The molecule has 0 amide bonds. The molecule has 0 saturated heterocycles. The van der Waals surface area contributed by atoms with Crippen LogP contribution in [-0.2, 0) is 0 Å². The second-order valence-electron chi connectivity index (χ2n) is 2.33. The molecule has 2 nitrogen and oxygen atoms in total. The predicted molar refractivity (Wildman–Crippen MR) is 46.1 cm³/mol. The molecule has 0 aliphatic rings. The van der Waals surface area contributed by atoms with Crippen LogP contribution in [0, 0.1) is 30.1 Å². The van der Waals surface area contributed by atoms with E-state index in [1.807, 2.05) is 19.1 Å². The van der Waals surface area contributed by atoms with E-state index in [9.17, 15) is 0 Å². The molecule has 0 aromatic carbocycles. The van der Waals surface area contributed by atoms with Gasteiger partial charge in [0.1, 0.15) is 0 Å². The lowest BCUT2D eigenvalue weighted by Crippen LogP contribution is -1.82. The Bertz CT molecular complexity index is 363. The summed E-state index contributed by atoms with van der Waals surface area (Å²) in [6, 6.07) is 3.86. The van der Waals surface area contributed by atoms with Gasteiger partial charge in [-0.05, 0) is 18.6 Å². The molecule has 1 aromatic rings. The zero-order valence-corrected chi connectivity index (χ0v) is 6.83. The summed E-state index contributed by atoms with van der Waals surface area (Å²) in [6.07, 6.45) is 3.71. The monoisotopic (exact) mass is 156 g/mol. The van der Waals surface area contributed by atoms with Gasteiger partial charge in [-0.25, -0.2) is 0 Å². The fourth-order valence-electron chi connectivity index (χ4n) is 0.774. The topological polar surface area (TPSA) is 36.7 Å². The van der Waals surface area contributed by atoms with Crippen LogP contribution in [0.3, 0.4) is 0 Å². The zero-order valence-electron chi connectivity index (χ0n) is 6.83. The normalized spacial score (nSPS) is 8.00. The van der Waals surface area contributed by atoms with Gasteiger partial charge in [-0.2, -0.15) is 5.26 Å². The van der Waals surface area contributed by atoms with Gasteiger partial charge in [-0.1, -0.05) is 11.8 Å². The Balaban J connectivity index is 2.86. The fraction of sp³-hybridized carbons (Fsp3) is 0.200. The van der Waals surface area contributed by atoms with E-state index < -0.39 is 0 Å². The van der Waals surface area contributed by atoms with Crippen molar-refractivity contribution in [2.24, 2.45) is 0 Å². The second-order valence-corrected chi connectivity index (χ2v) is 2.33. The minimum Gasteiger partial charge on any atom is -0.263 e. The summed E-state index contributed by atoms with van der Waals surface area (Å²) in [4.78, 5) is 3.94. The largest absolute Gasteiger partial charge is 0.263 e. The van der Waals surface area contributed by atoms with Crippen LogP contribution < -0.4 is 0 Å². The van der Waals surface area contributed by atoms with Gasteiger partial charge in [0.2, 0.25) is 0 Å². The van der Waals surface area contributed by atoms with Crippen molar-refractivity contribution in [1.29, 1.82) is 5.26 Å². The highest BCUT2D eigenvalue weighted by molar-refractivity contribution is 5.38. The second kappa shape index (κ2) is 4.16. The number of hydrogen-bond donors (Lipinski definition) is 0. The van der Waals surface area contributed by atoms with Crippen LogP contribution in [0.2, 0.25) is 0 Å². The fourth-order valence-corrected chi connectivity index (χ4v) is 0.774. The van der Waals surface area contributed by atoms with Gasteiger partial charge in [-0.3, -0.25) is 4.98 Å². The molecule has 0 unspecified atom stereocenters. The molecule has 0 aliphatic heterocycles. The molecule has 0 N–H and O–H groups in total. The Morgan fingerprint density at radius 1 is 1.58 bits per heavy atom. The number of aryl methyl sites for hydroxylation is 1. The van der Waals surface area contributed by atoms with Crippen molar-refractivity contribution in [2.75, 3.05) is 0 Å². The molecule has 0 aliphatic carbocycles. The maximum Gasteiger partial charge on any atom is 0.0966 e. The zero-order chi connectivity index (χ0) is 8.81. The summed E-state index contributed by atoms with van der Waals surface area (Å²) in [5.74, 6) is 5.62. The number of rotatable bonds is 0. The van der Waals surface area contributed by atoms with E-state index in [1.54, 1.807) is 12.4 Å². The van der Waals surface area contributed by atoms with Crippen molar-refractivity contribution in [1.82, 2.24) is 4.98 Å². The third kappa shape index (κ3) is 2.11. The third-order valence-electron chi connectivity index (χ3n) is 1.43. The first-order chi connectivity index (χ1) is 5.84. The maximum absolute atomic E-state index is 8.25. The highest BCUT2D eigenvalue weighted by atomic mass is 14.6. The third-order valence-corrected chi connectivity index (χ3v) is 1.43. The summed E-state index contributed by atoms with van der Waals surface area (Å²) in [5.41, 5.74) is 1.99. The Morgan fingerprint density at radius 2 is 2.42 bits per heavy atom. The van der Waals surface area contributed by atoms with Gasteiger partial charge in [-0.15, -0.1) is 0 Å². The van der Waals surface area contributed by atoms with Crippen LogP contribution in [0.1, 0.15) is 17.5 Å². The minimum atomic E-state index is 0.272. The van der Waals surface area contributed by atoms with E-state index in [1.165, 1.54) is 0 Å². The lowest BCUT2D eigenvalue weighted by Gasteiger charge is -1.92. The lowest BCUT2D eigenvalue weighted by molar-refractivity contribution is 1.26. The molecule has 0 bridgehead atoms. The predicted octanol–water partition coefficient (Wildman–Crippen LogP) is 1.66. The first-order valence-corrected chi connectivity index (χ1v) is 3.61. The Labute approximate surface area is 71.9 Å². The van der Waals surface area contributed by atoms with E-state index >= 15 is 0 Å². The van der Waals surface area contributed by atoms with E-state index in [0.29, 0.717) is 0 Å². The van der Waals surface area contributed by atoms with Gasteiger partial charge in [0, 0.05) is 18.0 Å². The minimum absolute atomic E-state index is 0.272. The number of hydrogen-bond acceptors (Lipinski definition) is 2. The van der Waals surface area contributed by atoms with E-state index in [0.717, 1.165) is 11.1 Å². The average molecular weight is 156 g/mol. The maximum atomic E-state index is 8.25. The molecule has 1 heterocycles. The lowest BCUT2D eigenvalue weighted by atomic mass is 10.2. The number of aromatic nitrogens is 1. The Kier molecular flexibility index (Phi) is 2.87. The highest BCUT2D eigenvalue weighted by Crippen LogP contribution is 2.01. The van der Waals surface area contributed by atoms with Crippen molar-refractivity contribution in [2.45, 2.75) is 13.3 Å². The van der Waals surface area contributed by atoms with Crippen LogP contribution in [0.25, 0.3) is 0 Å². The molecule has 0 spiro atoms. The van der Waals surface area contributed by atoms with Crippen LogP contribution in [0.4, 0.5) is 0 Å². The number of pyridine rings is 1. The molecule has 0 atom stereocenters. The van der Waals surface area contributed by atoms with Crippen LogP contribution in [-0.4, -0.2) is 4.98 Å². The summed E-state index contributed by atoms with van der Waals surface area (Å²) in [5, 5.41) is 8.25. The first kappa shape index (κ1) is 8.30. The highest BCUT2D eigenvalue weighted by Gasteiger charge is 1.90.